The Hall–Kier alpha value is -2.03. The molecule has 8 heteroatoms. The fourth-order valence-corrected chi connectivity index (χ4v) is 4.43. The first-order chi connectivity index (χ1) is 14.0. The molecule has 5 nitrogen and oxygen atoms in total. The molecule has 0 radical (unpaired) electrons. The van der Waals surface area contributed by atoms with Crippen LogP contribution >= 0.6 is 39.9 Å². The maximum absolute atomic E-state index is 12.5. The van der Waals surface area contributed by atoms with Crippen LogP contribution in [0.1, 0.15) is 12.5 Å². The van der Waals surface area contributed by atoms with Crippen molar-refractivity contribution in [2.75, 3.05) is 26.9 Å². The zero-order valence-corrected chi connectivity index (χ0v) is 19.2. The minimum Gasteiger partial charge on any atom is -0.497 e. The molecule has 0 spiro atoms. The van der Waals surface area contributed by atoms with Crippen LogP contribution in [0.3, 0.4) is 0 Å². The highest BCUT2D eigenvalue weighted by Gasteiger charge is 2.30. The molecule has 2 aromatic carbocycles. The summed E-state index contributed by atoms with van der Waals surface area (Å²) < 4.78 is 18.3. The topological polar surface area (TPSA) is 48.0 Å². The van der Waals surface area contributed by atoms with E-state index in [9.17, 15) is 4.79 Å². The summed E-state index contributed by atoms with van der Waals surface area (Å²) in [5.74, 6) is 2.05. The molecule has 0 aliphatic carbocycles. The van der Waals surface area contributed by atoms with E-state index in [0.717, 1.165) is 15.8 Å². The van der Waals surface area contributed by atoms with Crippen molar-refractivity contribution >= 4 is 56.2 Å². The molecule has 29 heavy (non-hydrogen) atoms. The number of nitrogens with zero attached hydrogens (tertiary/aromatic N) is 1. The number of thiocarbonyl (C=S) groups is 1. The van der Waals surface area contributed by atoms with Crippen LogP contribution in [0, 0.1) is 0 Å². The largest absolute Gasteiger partial charge is 0.497 e. The van der Waals surface area contributed by atoms with Crippen LogP contribution in [0.15, 0.2) is 51.8 Å². The van der Waals surface area contributed by atoms with E-state index in [4.69, 9.17) is 26.4 Å². The molecule has 0 saturated carbocycles. The van der Waals surface area contributed by atoms with Crippen LogP contribution < -0.4 is 14.2 Å². The summed E-state index contributed by atoms with van der Waals surface area (Å²) in [6.07, 6.45) is 1.82. The van der Waals surface area contributed by atoms with Crippen molar-refractivity contribution < 1.29 is 19.0 Å². The van der Waals surface area contributed by atoms with Gasteiger partial charge in [0.2, 0.25) is 0 Å². The second-order valence-electron chi connectivity index (χ2n) is 5.98. The Morgan fingerprint density at radius 2 is 1.90 bits per heavy atom. The van der Waals surface area contributed by atoms with E-state index in [1.807, 2.05) is 55.5 Å². The maximum atomic E-state index is 12.5. The molecular weight excluding hydrogens is 474 g/mol. The van der Waals surface area contributed by atoms with Crippen LogP contribution in [0.2, 0.25) is 0 Å². The molecule has 3 rings (SSSR count). The number of benzene rings is 2. The van der Waals surface area contributed by atoms with Gasteiger partial charge in [0.05, 0.1) is 12.0 Å². The molecule has 1 saturated heterocycles. The number of rotatable bonds is 8. The molecule has 0 N–H and O–H groups in total. The van der Waals surface area contributed by atoms with Gasteiger partial charge in [0.15, 0.2) is 0 Å². The van der Waals surface area contributed by atoms with Gasteiger partial charge in [-0.15, -0.1) is 0 Å². The lowest BCUT2D eigenvalue weighted by atomic mass is 10.2. The molecule has 2 aromatic rings. The summed E-state index contributed by atoms with van der Waals surface area (Å²) >= 11 is 10.1. The van der Waals surface area contributed by atoms with Crippen LogP contribution in [-0.4, -0.2) is 42.0 Å². The first kappa shape index (κ1) is 21.7. The quantitative estimate of drug-likeness (QED) is 0.288. The summed E-state index contributed by atoms with van der Waals surface area (Å²) in [5, 5.41) is 0. The van der Waals surface area contributed by atoms with Crippen LogP contribution in [0.4, 0.5) is 0 Å². The third kappa shape index (κ3) is 5.52. The summed E-state index contributed by atoms with van der Waals surface area (Å²) in [6.45, 7) is 3.20. The first-order valence-corrected chi connectivity index (χ1v) is 11.0. The molecule has 0 aromatic heterocycles. The van der Waals surface area contributed by atoms with E-state index in [-0.39, 0.29) is 5.91 Å². The van der Waals surface area contributed by atoms with Crippen molar-refractivity contribution in [3.05, 3.63) is 57.4 Å². The van der Waals surface area contributed by atoms with Crippen molar-refractivity contribution in [1.29, 1.82) is 0 Å². The maximum Gasteiger partial charge on any atom is 0.266 e. The predicted molar refractivity (Wildman–Crippen MR) is 124 cm³/mol. The SMILES string of the molecule is CCN1C(=O)C(=Cc2cc(Br)ccc2OCCOc2cccc(OC)c2)SC1=S. The Balaban J connectivity index is 1.67. The van der Waals surface area contributed by atoms with Gasteiger partial charge in [-0.3, -0.25) is 9.69 Å². The van der Waals surface area contributed by atoms with Crippen molar-refractivity contribution in [3.63, 3.8) is 0 Å². The number of thioether (sulfide) groups is 1. The molecule has 0 atom stereocenters. The van der Waals surface area contributed by atoms with Gasteiger partial charge in [0.25, 0.3) is 5.91 Å². The lowest BCUT2D eigenvalue weighted by molar-refractivity contribution is -0.121. The second-order valence-corrected chi connectivity index (χ2v) is 8.58. The van der Waals surface area contributed by atoms with E-state index < -0.39 is 0 Å². The normalized spacial score (nSPS) is 15.1. The Morgan fingerprint density at radius 3 is 2.62 bits per heavy atom. The third-order valence-corrected chi connectivity index (χ3v) is 5.97. The van der Waals surface area contributed by atoms with Crippen LogP contribution in [0.25, 0.3) is 6.08 Å². The van der Waals surface area contributed by atoms with Gasteiger partial charge in [-0.1, -0.05) is 46.0 Å². The number of hydrogen-bond acceptors (Lipinski definition) is 6. The Labute approximate surface area is 188 Å². The number of amides is 1. The number of methoxy groups -OCH3 is 1. The highest BCUT2D eigenvalue weighted by Crippen LogP contribution is 2.35. The minimum atomic E-state index is -0.0743. The van der Waals surface area contributed by atoms with Gasteiger partial charge in [0.1, 0.15) is 34.8 Å². The minimum absolute atomic E-state index is 0.0743. The number of halogens is 1. The van der Waals surface area contributed by atoms with Crippen LogP contribution in [0.5, 0.6) is 17.2 Å². The van der Waals surface area contributed by atoms with Gasteiger partial charge in [0, 0.05) is 22.6 Å². The Kier molecular flexibility index (Phi) is 7.57. The standard InChI is InChI=1S/C21H20BrNO4S2/c1-3-23-20(24)19(29-21(23)28)12-14-11-15(22)7-8-18(14)27-10-9-26-17-6-4-5-16(13-17)25-2/h4-8,11-13H,3,9-10H2,1-2H3. The summed E-state index contributed by atoms with van der Waals surface area (Å²) in [6, 6.07) is 13.1. The van der Waals surface area contributed by atoms with E-state index >= 15 is 0 Å². The molecule has 0 bridgehead atoms. The van der Waals surface area contributed by atoms with Gasteiger partial charge in [-0.05, 0) is 43.3 Å². The molecule has 1 aliphatic heterocycles. The second kappa shape index (κ2) is 10.1. The lowest BCUT2D eigenvalue weighted by Gasteiger charge is -2.12. The molecule has 1 fully saturated rings. The average molecular weight is 494 g/mol. The first-order valence-electron chi connectivity index (χ1n) is 8.96. The Morgan fingerprint density at radius 1 is 1.14 bits per heavy atom. The van der Waals surface area contributed by atoms with Crippen molar-refractivity contribution in [2.24, 2.45) is 0 Å². The average Bonchev–Trinajstić information content (AvgIpc) is 2.99. The van der Waals surface area contributed by atoms with Crippen molar-refractivity contribution in [3.8, 4) is 17.2 Å². The number of carbonyl (C=O) groups excluding carboxylic acids is 1. The number of hydrogen-bond donors (Lipinski definition) is 0. The monoisotopic (exact) mass is 493 g/mol. The molecule has 1 amide bonds. The number of ether oxygens (including phenoxy) is 3. The summed E-state index contributed by atoms with van der Waals surface area (Å²) in [7, 11) is 1.62. The molecule has 152 valence electrons. The zero-order valence-electron chi connectivity index (χ0n) is 16.0. The summed E-state index contributed by atoms with van der Waals surface area (Å²) in [5.41, 5.74) is 0.803. The van der Waals surface area contributed by atoms with Gasteiger partial charge >= 0.3 is 0 Å². The highest BCUT2D eigenvalue weighted by atomic mass is 79.9. The predicted octanol–water partition coefficient (Wildman–Crippen LogP) is 5.14. The van der Waals surface area contributed by atoms with E-state index in [1.54, 1.807) is 12.0 Å². The molecule has 1 aliphatic rings. The fraction of sp³-hybridized carbons (Fsp3) is 0.238. The highest BCUT2D eigenvalue weighted by molar-refractivity contribution is 9.10. The lowest BCUT2D eigenvalue weighted by Crippen LogP contribution is -2.27. The van der Waals surface area contributed by atoms with Gasteiger partial charge < -0.3 is 14.2 Å². The van der Waals surface area contributed by atoms with E-state index in [0.29, 0.717) is 40.5 Å². The smallest absolute Gasteiger partial charge is 0.266 e. The third-order valence-electron chi connectivity index (χ3n) is 4.10. The van der Waals surface area contributed by atoms with Gasteiger partial charge in [-0.25, -0.2) is 0 Å². The Bertz CT molecular complexity index is 948. The van der Waals surface area contributed by atoms with E-state index in [1.165, 1.54) is 11.8 Å². The van der Waals surface area contributed by atoms with Crippen LogP contribution in [-0.2, 0) is 4.79 Å². The molecule has 1 heterocycles. The van der Waals surface area contributed by atoms with Crippen molar-refractivity contribution in [1.82, 2.24) is 4.90 Å². The number of likely N-dealkylation sites (N-methyl/N-ethyl adjacent to an activating group) is 1. The number of carbonyl (C=O) groups is 1. The van der Waals surface area contributed by atoms with Crippen molar-refractivity contribution in [2.45, 2.75) is 6.92 Å². The van der Waals surface area contributed by atoms with E-state index in [2.05, 4.69) is 15.9 Å². The fourth-order valence-electron chi connectivity index (χ4n) is 2.68. The summed E-state index contributed by atoms with van der Waals surface area (Å²) in [4.78, 5) is 14.7. The van der Waals surface area contributed by atoms with Gasteiger partial charge in [-0.2, -0.15) is 0 Å². The molecular formula is C21H20BrNO4S2. The molecule has 0 unspecified atom stereocenters. The zero-order chi connectivity index (χ0) is 20.8.